The smallest absolute Gasteiger partial charge is 0.253 e. The van der Waals surface area contributed by atoms with Gasteiger partial charge in [0.1, 0.15) is 6.61 Å². The van der Waals surface area contributed by atoms with Gasteiger partial charge in [0.05, 0.1) is 0 Å². The molecule has 1 aromatic heterocycles. The molecule has 1 aliphatic rings. The van der Waals surface area contributed by atoms with Crippen molar-refractivity contribution in [3.05, 3.63) is 47.1 Å². The molecular weight excluding hydrogens is 282 g/mol. The lowest BCUT2D eigenvalue weighted by Gasteiger charge is -2.16. The summed E-state index contributed by atoms with van der Waals surface area (Å²) in [6.45, 7) is 3.64. The van der Waals surface area contributed by atoms with Crippen LogP contribution in [0.1, 0.15) is 40.0 Å². The molecule has 0 radical (unpaired) electrons. The largest absolute Gasteiger partial charge is 0.375 e. The number of hydrogen-bond donors (Lipinski definition) is 0. The van der Waals surface area contributed by atoms with Crippen molar-refractivity contribution < 1.29 is 14.1 Å². The summed E-state index contributed by atoms with van der Waals surface area (Å²) in [4.78, 5) is 18.7. The summed E-state index contributed by atoms with van der Waals surface area (Å²) in [6.07, 6.45) is 0.851. The van der Waals surface area contributed by atoms with E-state index < -0.39 is 0 Å². The number of ether oxygens (including phenoxy) is 1. The minimum Gasteiger partial charge on any atom is -0.375 e. The van der Waals surface area contributed by atoms with E-state index in [1.165, 1.54) is 0 Å². The number of carbonyl (C=O) groups excluding carboxylic acids is 1. The lowest BCUT2D eigenvalue weighted by Crippen LogP contribution is -2.28. The first-order valence-corrected chi connectivity index (χ1v) is 7.34. The molecule has 3 rings (SSSR count). The number of amides is 1. The molecule has 2 heterocycles. The van der Waals surface area contributed by atoms with Gasteiger partial charge in [0.15, 0.2) is 5.82 Å². The van der Waals surface area contributed by atoms with Crippen molar-refractivity contribution in [1.29, 1.82) is 0 Å². The van der Waals surface area contributed by atoms with Gasteiger partial charge in [-0.15, -0.1) is 0 Å². The number of likely N-dealkylation sites (tertiary alicyclic amines) is 1. The lowest BCUT2D eigenvalue weighted by atomic mass is 10.1. The lowest BCUT2D eigenvalue weighted by molar-refractivity contribution is 0.0790. The van der Waals surface area contributed by atoms with Gasteiger partial charge in [-0.25, -0.2) is 0 Å². The quantitative estimate of drug-likeness (QED) is 0.865. The second-order valence-electron chi connectivity index (χ2n) is 5.59. The molecule has 1 fully saturated rings. The molecule has 1 amide bonds. The first-order chi connectivity index (χ1) is 10.7. The Bertz CT molecular complexity index is 668. The predicted molar refractivity (Wildman–Crippen MR) is 79.5 cm³/mol. The van der Waals surface area contributed by atoms with Crippen molar-refractivity contribution in [2.75, 3.05) is 20.2 Å². The van der Waals surface area contributed by atoms with Gasteiger partial charge < -0.3 is 14.2 Å². The zero-order valence-corrected chi connectivity index (χ0v) is 12.8. The van der Waals surface area contributed by atoms with Crippen LogP contribution in [0.15, 0.2) is 28.8 Å². The van der Waals surface area contributed by atoms with Gasteiger partial charge in [0, 0.05) is 31.7 Å². The van der Waals surface area contributed by atoms with E-state index in [2.05, 4.69) is 10.1 Å². The Morgan fingerprint density at radius 1 is 1.50 bits per heavy atom. The molecule has 1 aromatic carbocycles. The van der Waals surface area contributed by atoms with E-state index >= 15 is 0 Å². The van der Waals surface area contributed by atoms with E-state index in [4.69, 9.17) is 9.26 Å². The Labute approximate surface area is 129 Å². The van der Waals surface area contributed by atoms with Crippen molar-refractivity contribution in [2.24, 2.45) is 0 Å². The van der Waals surface area contributed by atoms with Crippen LogP contribution in [0, 0.1) is 6.92 Å². The highest BCUT2D eigenvalue weighted by Crippen LogP contribution is 2.26. The zero-order valence-electron chi connectivity index (χ0n) is 12.8. The zero-order chi connectivity index (χ0) is 15.5. The third-order valence-electron chi connectivity index (χ3n) is 3.86. The van der Waals surface area contributed by atoms with E-state index in [0.29, 0.717) is 31.4 Å². The molecule has 1 atom stereocenters. The van der Waals surface area contributed by atoms with Crippen LogP contribution in [0.3, 0.4) is 0 Å². The number of carbonyl (C=O) groups is 1. The Hall–Kier alpha value is -2.21. The third-order valence-corrected chi connectivity index (χ3v) is 3.86. The second-order valence-corrected chi connectivity index (χ2v) is 5.59. The molecule has 6 heteroatoms. The van der Waals surface area contributed by atoms with E-state index in [1.54, 1.807) is 7.11 Å². The van der Waals surface area contributed by atoms with Crippen LogP contribution >= 0.6 is 0 Å². The molecule has 1 saturated heterocycles. The number of nitrogens with zero attached hydrogens (tertiary/aromatic N) is 3. The first-order valence-electron chi connectivity index (χ1n) is 7.34. The van der Waals surface area contributed by atoms with Gasteiger partial charge in [0.2, 0.25) is 0 Å². The summed E-state index contributed by atoms with van der Waals surface area (Å²) in [5.41, 5.74) is 1.82. The van der Waals surface area contributed by atoms with E-state index in [9.17, 15) is 4.79 Å². The number of rotatable bonds is 4. The topological polar surface area (TPSA) is 68.5 Å². The van der Waals surface area contributed by atoms with Gasteiger partial charge in [-0.1, -0.05) is 22.9 Å². The number of aromatic nitrogens is 2. The molecule has 0 N–H and O–H groups in total. The highest BCUT2D eigenvalue weighted by Gasteiger charge is 2.31. The normalized spacial score (nSPS) is 17.9. The van der Waals surface area contributed by atoms with Crippen molar-refractivity contribution in [3.63, 3.8) is 0 Å². The number of aryl methyl sites for hydroxylation is 1. The molecule has 6 nitrogen and oxygen atoms in total. The van der Waals surface area contributed by atoms with Gasteiger partial charge in [0.25, 0.3) is 11.8 Å². The summed E-state index contributed by atoms with van der Waals surface area (Å²) < 4.78 is 10.1. The van der Waals surface area contributed by atoms with Gasteiger partial charge >= 0.3 is 0 Å². The van der Waals surface area contributed by atoms with Gasteiger partial charge in [-0.05, 0) is 25.5 Å². The molecule has 0 aliphatic carbocycles. The summed E-state index contributed by atoms with van der Waals surface area (Å²) in [7, 11) is 1.59. The summed E-state index contributed by atoms with van der Waals surface area (Å²) in [5.74, 6) is 1.32. The van der Waals surface area contributed by atoms with E-state index in [1.807, 2.05) is 36.1 Å². The molecular formula is C16H19N3O3. The molecule has 0 bridgehead atoms. The highest BCUT2D eigenvalue weighted by molar-refractivity contribution is 5.94. The average Bonchev–Trinajstić information content (AvgIpc) is 3.15. The Morgan fingerprint density at radius 3 is 3.14 bits per heavy atom. The molecule has 2 aromatic rings. The van der Waals surface area contributed by atoms with Crippen LogP contribution in [0.4, 0.5) is 0 Å². The fourth-order valence-electron chi connectivity index (χ4n) is 2.73. The maximum Gasteiger partial charge on any atom is 0.253 e. The SMILES string of the molecule is COCc1nc(C2CCN(C(=O)c3cccc(C)c3)C2)no1. The highest BCUT2D eigenvalue weighted by atomic mass is 16.5. The summed E-state index contributed by atoms with van der Waals surface area (Å²) >= 11 is 0. The molecule has 1 unspecified atom stereocenters. The van der Waals surface area contributed by atoms with Gasteiger partial charge in [-0.3, -0.25) is 4.79 Å². The molecule has 0 spiro atoms. The van der Waals surface area contributed by atoms with Crippen LogP contribution in [-0.4, -0.2) is 41.1 Å². The van der Waals surface area contributed by atoms with E-state index in [0.717, 1.165) is 17.5 Å². The fraction of sp³-hybridized carbons (Fsp3) is 0.438. The average molecular weight is 301 g/mol. The second kappa shape index (κ2) is 6.27. The third kappa shape index (κ3) is 3.01. The Balaban J connectivity index is 1.67. The molecule has 0 saturated carbocycles. The fourth-order valence-corrected chi connectivity index (χ4v) is 2.73. The maximum absolute atomic E-state index is 12.5. The molecule has 1 aliphatic heterocycles. The Kier molecular flexibility index (Phi) is 4.20. The van der Waals surface area contributed by atoms with Crippen LogP contribution in [-0.2, 0) is 11.3 Å². The van der Waals surface area contributed by atoms with Crippen LogP contribution in [0.2, 0.25) is 0 Å². The number of hydrogen-bond acceptors (Lipinski definition) is 5. The maximum atomic E-state index is 12.5. The first kappa shape index (κ1) is 14.7. The monoisotopic (exact) mass is 301 g/mol. The van der Waals surface area contributed by atoms with Crippen LogP contribution < -0.4 is 0 Å². The molecule has 116 valence electrons. The van der Waals surface area contributed by atoms with Crippen molar-refractivity contribution >= 4 is 5.91 Å². The van der Waals surface area contributed by atoms with Gasteiger partial charge in [-0.2, -0.15) is 4.98 Å². The number of methoxy groups -OCH3 is 1. The minimum absolute atomic E-state index is 0.0619. The van der Waals surface area contributed by atoms with Crippen LogP contribution in [0.25, 0.3) is 0 Å². The van der Waals surface area contributed by atoms with Crippen molar-refractivity contribution in [2.45, 2.75) is 25.9 Å². The minimum atomic E-state index is 0.0619. The predicted octanol–water partition coefficient (Wildman–Crippen LogP) is 2.15. The number of benzene rings is 1. The van der Waals surface area contributed by atoms with Crippen molar-refractivity contribution in [3.8, 4) is 0 Å². The van der Waals surface area contributed by atoms with Crippen molar-refractivity contribution in [1.82, 2.24) is 15.0 Å². The van der Waals surface area contributed by atoms with E-state index in [-0.39, 0.29) is 11.8 Å². The summed E-state index contributed by atoms with van der Waals surface area (Å²) in [6, 6.07) is 7.67. The summed E-state index contributed by atoms with van der Waals surface area (Å²) in [5, 5.41) is 3.99. The molecule has 22 heavy (non-hydrogen) atoms. The van der Waals surface area contributed by atoms with Crippen LogP contribution in [0.5, 0.6) is 0 Å². The standard InChI is InChI=1S/C16H19N3O3/c1-11-4-3-5-12(8-11)16(20)19-7-6-13(9-19)15-17-14(10-21-2)22-18-15/h3-5,8,13H,6-7,9-10H2,1-2H3. The Morgan fingerprint density at radius 2 is 2.36 bits per heavy atom.